The van der Waals surface area contributed by atoms with Crippen molar-refractivity contribution in [3.8, 4) is 6.01 Å². The Labute approximate surface area is 220 Å². The van der Waals surface area contributed by atoms with Gasteiger partial charge in [-0.3, -0.25) is 9.69 Å². The molecule has 1 fully saturated rings. The molecule has 4 rings (SSSR count). The molecule has 2 aliphatic rings. The zero-order valence-corrected chi connectivity index (χ0v) is 15.7. The second-order valence-corrected chi connectivity index (χ2v) is 5.73. The van der Waals surface area contributed by atoms with Crippen LogP contribution in [0.1, 0.15) is 84.7 Å². The number of nitrogens with zero attached hydrogens (tertiary/aromatic N) is 4. The highest BCUT2D eigenvalue weighted by molar-refractivity contribution is 6.03. The predicted octanol–water partition coefficient (Wildman–Crippen LogP) is 3.10. The maximum atomic E-state index is 13.1. The zero-order valence-electron chi connectivity index (χ0n) is 41.7. The van der Waals surface area contributed by atoms with E-state index in [1.165, 1.54) is 0 Å². The summed E-state index contributed by atoms with van der Waals surface area (Å²) in [5.41, 5.74) is 1.39. The minimum absolute atomic E-state index is 0.232. The molecular formula is C23H32N6O2. The second-order valence-electron chi connectivity index (χ2n) is 5.73. The van der Waals surface area contributed by atoms with Crippen molar-refractivity contribution in [2.24, 2.45) is 0 Å². The smallest absolute Gasteiger partial charge is 0.320 e. The van der Waals surface area contributed by atoms with E-state index in [2.05, 4.69) is 9.97 Å². The molecule has 3 N–H and O–H groups in total. The fourth-order valence-corrected chi connectivity index (χ4v) is 2.43. The molecule has 0 unspecified atom stereocenters. The molecule has 166 valence electrons. The van der Waals surface area contributed by atoms with Crippen LogP contribution in [0, 0.1) is 6.92 Å². The summed E-state index contributed by atoms with van der Waals surface area (Å²) in [5.74, 6) is -3.93. The van der Waals surface area contributed by atoms with Gasteiger partial charge in [0.05, 0.1) is 25.4 Å². The number of nitrogens with two attached hydrogens (primary N) is 1. The monoisotopic (exact) mass is 450 g/mol. The molecular weight excluding hydrogens is 392 g/mol. The Morgan fingerprint density at radius 1 is 1.29 bits per heavy atom. The Hall–Kier alpha value is -2.87. The Bertz CT molecular complexity index is 1990. The number of amides is 1. The van der Waals surface area contributed by atoms with E-state index in [0.29, 0.717) is 0 Å². The Morgan fingerprint density at radius 2 is 2.06 bits per heavy atom. The standard InChI is InChI=1S/C23H32N6O2/c1-3-4-9-31-23-26-21(24)20-22(27-23)29(15-19(30)25-20)14-18-11-16(2)10-17(12-18)13-28-7-5-6-8-28/h10-12H,3-9,13-15H2,1-2H3,(H,25,30)(H2,24,26,27)/i1D3,3D2,4D2,5D2,6D2,7D2,8D2,9D2,10D,11D,12D,13D2,14D2,15D2. The number of ether oxygens (including phenoxy) is 1. The van der Waals surface area contributed by atoms with Crippen LogP contribution in [0.25, 0.3) is 0 Å². The van der Waals surface area contributed by atoms with Crippen LogP contribution >= 0.6 is 0 Å². The van der Waals surface area contributed by atoms with E-state index in [4.69, 9.17) is 46.1 Å². The third kappa shape index (κ3) is 5.25. The summed E-state index contributed by atoms with van der Waals surface area (Å²) in [4.78, 5) is 19.5. The first-order valence-corrected chi connectivity index (χ1v) is 8.39. The summed E-state index contributed by atoms with van der Waals surface area (Å²) in [6, 6.07) is -5.37. The Balaban J connectivity index is 2.03. The van der Waals surface area contributed by atoms with Gasteiger partial charge in [0.2, 0.25) is 5.91 Å². The molecule has 2 aromatic rings. The Morgan fingerprint density at radius 3 is 2.84 bits per heavy atom. The Kier molecular flexibility index (Phi) is 1.95. The normalized spacial score (nSPS) is 39.5. The highest BCUT2D eigenvalue weighted by Gasteiger charge is 2.27. The average Bonchev–Trinajstić information content (AvgIpc) is 3.06. The van der Waals surface area contributed by atoms with E-state index < -0.39 is 140 Å². The summed E-state index contributed by atoms with van der Waals surface area (Å²) in [6.07, 6.45) is -15.7. The quantitative estimate of drug-likeness (QED) is 0.638. The molecule has 0 radical (unpaired) electrons. The van der Waals surface area contributed by atoms with Crippen molar-refractivity contribution in [1.29, 1.82) is 0 Å². The molecule has 0 saturated carbocycles. The summed E-state index contributed by atoms with van der Waals surface area (Å²) in [5, 5.41) is 1.92. The number of hydrogen-bond donors (Lipinski definition) is 2. The number of nitrogen functional groups attached to an aromatic ring is 1. The van der Waals surface area contributed by atoms with Crippen molar-refractivity contribution in [1.82, 2.24) is 14.9 Å². The van der Waals surface area contributed by atoms with Gasteiger partial charge in [0.1, 0.15) is 5.69 Å². The van der Waals surface area contributed by atoms with Gasteiger partial charge in [0, 0.05) is 36.3 Å². The summed E-state index contributed by atoms with van der Waals surface area (Å²) >= 11 is 0. The van der Waals surface area contributed by atoms with Gasteiger partial charge in [-0.2, -0.15) is 9.97 Å². The number of rotatable bonds is 8. The van der Waals surface area contributed by atoms with E-state index in [1.807, 2.05) is 5.32 Å². The van der Waals surface area contributed by atoms with Crippen molar-refractivity contribution in [2.75, 3.05) is 42.0 Å². The lowest BCUT2D eigenvalue weighted by Crippen LogP contribution is -2.39. The highest BCUT2D eigenvalue weighted by Crippen LogP contribution is 2.34. The van der Waals surface area contributed by atoms with E-state index in [1.54, 1.807) is 0 Å². The molecule has 1 saturated heterocycles. The van der Waals surface area contributed by atoms with Crippen molar-refractivity contribution in [3.63, 3.8) is 0 Å². The number of carbonyl (C=O) groups excluding carboxylic acids is 1. The van der Waals surface area contributed by atoms with Gasteiger partial charge in [0.25, 0.3) is 0 Å². The van der Waals surface area contributed by atoms with E-state index in [-0.39, 0.29) is 4.90 Å². The van der Waals surface area contributed by atoms with Crippen LogP contribution in [0.2, 0.25) is 0 Å². The second kappa shape index (κ2) is 9.51. The van der Waals surface area contributed by atoms with Crippen molar-refractivity contribution >= 4 is 23.2 Å². The minimum Gasteiger partial charge on any atom is -0.463 e. The SMILES string of the molecule is [2H]c1c(C)c([2H])c(C([2H])([2H])N2C([2H])([2H])C([2H])([2H])C([2H])([2H])C2([2H])[2H])c([2H])c1C([2H])([2H])N1c2nc(OC([2H])([2H])C([2H])([2H])C([2H])([2H])C([2H])([2H])[2H])nc(N)c2NC(=O)C1([2H])[2H]. The maximum absolute atomic E-state index is 13.1. The van der Waals surface area contributed by atoms with E-state index >= 15 is 0 Å². The van der Waals surface area contributed by atoms with Crippen molar-refractivity contribution in [3.05, 3.63) is 34.8 Å². The van der Waals surface area contributed by atoms with Gasteiger partial charge in [-0.1, -0.05) is 36.9 Å². The first-order chi connectivity index (χ1) is 25.0. The third-order valence-corrected chi connectivity index (χ3v) is 3.54. The lowest BCUT2D eigenvalue weighted by molar-refractivity contribution is -0.115. The third-order valence-electron chi connectivity index (χ3n) is 3.54. The number of aromatic nitrogens is 2. The number of anilines is 3. The van der Waals surface area contributed by atoms with E-state index in [9.17, 15) is 4.79 Å². The molecule has 2 aliphatic heterocycles. The molecule has 8 heteroatoms. The molecule has 0 atom stereocenters. The van der Waals surface area contributed by atoms with Crippen LogP contribution in [0.5, 0.6) is 6.01 Å². The first-order valence-electron chi connectivity index (χ1n) is 21.4. The largest absolute Gasteiger partial charge is 0.463 e. The van der Waals surface area contributed by atoms with Crippen LogP contribution in [0.15, 0.2) is 18.1 Å². The number of hydrogen-bond acceptors (Lipinski definition) is 7. The maximum Gasteiger partial charge on any atom is 0.320 e. The molecule has 1 amide bonds. The van der Waals surface area contributed by atoms with Crippen molar-refractivity contribution < 1.29 is 45.2 Å². The number of nitrogens with one attached hydrogen (secondary N) is 1. The van der Waals surface area contributed by atoms with Crippen LogP contribution in [-0.2, 0) is 17.8 Å². The first kappa shape index (κ1) is 6.34. The zero-order chi connectivity index (χ0) is 44.8. The van der Waals surface area contributed by atoms with Crippen LogP contribution < -0.4 is 20.7 Å². The molecule has 0 spiro atoms. The summed E-state index contributed by atoms with van der Waals surface area (Å²) in [7, 11) is 0. The van der Waals surface area contributed by atoms with Gasteiger partial charge in [-0.25, -0.2) is 0 Å². The summed E-state index contributed by atoms with van der Waals surface area (Å²) in [6.45, 7) is -26.3. The van der Waals surface area contributed by atoms with Crippen LogP contribution in [0.3, 0.4) is 0 Å². The fraction of sp³-hybridized carbons (Fsp3) is 0.522. The predicted molar refractivity (Wildman–Crippen MR) is 122 cm³/mol. The van der Waals surface area contributed by atoms with Gasteiger partial charge in [-0.05, 0) is 50.2 Å². The molecule has 1 aromatic heterocycles. The number of fused-ring (bicyclic) bond motifs is 1. The lowest BCUT2D eigenvalue weighted by Gasteiger charge is -2.30. The van der Waals surface area contributed by atoms with Gasteiger partial charge in [-0.15, -0.1) is 0 Å². The molecule has 1 aromatic carbocycles. The van der Waals surface area contributed by atoms with Gasteiger partial charge < -0.3 is 20.7 Å². The molecule has 8 nitrogen and oxygen atoms in total. The topological polar surface area (TPSA) is 96.6 Å². The minimum atomic E-state index is -4.07. The number of likely N-dealkylation sites (tertiary alicyclic amines) is 1. The summed E-state index contributed by atoms with van der Waals surface area (Å²) < 4.78 is 220. The molecule has 3 heterocycles. The van der Waals surface area contributed by atoms with Crippen LogP contribution in [-0.4, -0.2) is 46.8 Å². The van der Waals surface area contributed by atoms with Gasteiger partial charge >= 0.3 is 6.01 Å². The highest BCUT2D eigenvalue weighted by atomic mass is 16.5. The molecule has 31 heavy (non-hydrogen) atoms. The fourth-order valence-electron chi connectivity index (χ4n) is 2.43. The molecule has 0 bridgehead atoms. The van der Waals surface area contributed by atoms with Crippen molar-refractivity contribution in [2.45, 2.75) is 52.3 Å². The number of carbonyl (C=O) groups is 1. The van der Waals surface area contributed by atoms with Crippen LogP contribution in [0.4, 0.5) is 17.3 Å². The van der Waals surface area contributed by atoms with E-state index in [0.717, 1.165) is 6.92 Å². The number of benzene rings is 1. The average molecular weight is 451 g/mol. The molecule has 0 aliphatic carbocycles. The lowest BCUT2D eigenvalue weighted by atomic mass is 10.1. The van der Waals surface area contributed by atoms with Gasteiger partial charge in [0.15, 0.2) is 11.6 Å².